The second-order valence-corrected chi connectivity index (χ2v) is 24.3. The van der Waals surface area contributed by atoms with E-state index in [0.29, 0.717) is 37.2 Å². The quantitative estimate of drug-likeness (QED) is 0.131. The van der Waals surface area contributed by atoms with Crippen molar-refractivity contribution in [1.82, 2.24) is 9.97 Å². The van der Waals surface area contributed by atoms with Crippen molar-refractivity contribution in [3.63, 3.8) is 0 Å². The van der Waals surface area contributed by atoms with Crippen LogP contribution in [-0.2, 0) is 47.3 Å². The number of phenolic OH excluding ortho intramolecular Hbond substituents is 2. The van der Waals surface area contributed by atoms with E-state index in [1.807, 2.05) is 60.7 Å². The first-order valence-corrected chi connectivity index (χ1v) is 26.2. The van der Waals surface area contributed by atoms with E-state index in [1.54, 1.807) is 12.4 Å². The first kappa shape index (κ1) is 51.8. The van der Waals surface area contributed by atoms with Gasteiger partial charge in [0.25, 0.3) is 0 Å². The number of benzene rings is 6. The lowest BCUT2D eigenvalue weighted by Gasteiger charge is -2.28. The second kappa shape index (κ2) is 20.3. The average Bonchev–Trinajstić information content (AvgIpc) is 3.33. The maximum Gasteiger partial charge on any atom is 0.145 e. The van der Waals surface area contributed by atoms with Crippen molar-refractivity contribution in [3.8, 4) is 34.5 Å². The van der Waals surface area contributed by atoms with Gasteiger partial charge in [0.1, 0.15) is 72.0 Å². The van der Waals surface area contributed by atoms with Crippen LogP contribution in [0.1, 0.15) is 150 Å². The summed E-state index contributed by atoms with van der Waals surface area (Å²) >= 11 is 0. The SMILES string of the molecule is CC(C)(C)c1cc2c(O)c(c1)Cc1cc(C(C)(C)C)cc(c1OCCOc1cccc3cccnc13)Cc1cc(C(C)(C)C)cc(c1O)Cc1cc(C(C)(C)C)cc(c1OCCOc1cccc3cccnc13)C2. The predicted molar refractivity (Wildman–Crippen MR) is 301 cm³/mol. The Hall–Kier alpha value is -7.06. The highest BCUT2D eigenvalue weighted by Crippen LogP contribution is 2.44. The van der Waals surface area contributed by atoms with Gasteiger partial charge in [0.05, 0.1) is 0 Å². The van der Waals surface area contributed by atoms with Crippen LogP contribution in [0.2, 0.25) is 0 Å². The third-order valence-electron chi connectivity index (χ3n) is 14.4. The zero-order valence-corrected chi connectivity index (χ0v) is 45.6. The zero-order chi connectivity index (χ0) is 52.7. The van der Waals surface area contributed by atoms with Crippen LogP contribution in [0, 0.1) is 0 Å². The van der Waals surface area contributed by atoms with Gasteiger partial charge in [-0.2, -0.15) is 0 Å². The molecule has 0 amide bonds. The van der Waals surface area contributed by atoms with Crippen molar-refractivity contribution in [2.24, 2.45) is 0 Å². The number of para-hydroxylation sites is 2. The molecule has 0 saturated heterocycles. The molecule has 6 aromatic carbocycles. The summed E-state index contributed by atoms with van der Waals surface area (Å²) in [5.41, 5.74) is 12.2. The number of hydrogen-bond donors (Lipinski definition) is 2. The Morgan fingerprint density at radius 3 is 0.932 bits per heavy atom. The van der Waals surface area contributed by atoms with Crippen LogP contribution < -0.4 is 18.9 Å². The Balaban J connectivity index is 1.21. The Morgan fingerprint density at radius 1 is 0.365 bits per heavy atom. The molecule has 8 bridgehead atoms. The Labute approximate surface area is 438 Å². The van der Waals surface area contributed by atoms with Crippen molar-refractivity contribution in [2.45, 2.75) is 130 Å². The molecule has 8 aromatic rings. The van der Waals surface area contributed by atoms with E-state index in [2.05, 4.69) is 142 Å². The van der Waals surface area contributed by atoms with Gasteiger partial charge < -0.3 is 29.2 Å². The third kappa shape index (κ3) is 11.4. The molecule has 1 aliphatic carbocycles. The van der Waals surface area contributed by atoms with Crippen molar-refractivity contribution >= 4 is 21.8 Å². The van der Waals surface area contributed by atoms with Crippen LogP contribution in [0.15, 0.2) is 122 Å². The summed E-state index contributed by atoms with van der Waals surface area (Å²) in [6.07, 6.45) is 5.17. The molecule has 1 aliphatic rings. The van der Waals surface area contributed by atoms with Crippen LogP contribution in [0.25, 0.3) is 21.8 Å². The van der Waals surface area contributed by atoms with Gasteiger partial charge in [0.2, 0.25) is 0 Å². The molecule has 0 fully saturated rings. The smallest absolute Gasteiger partial charge is 0.145 e. The fraction of sp³-hybridized carbons (Fsp3) is 0.364. The lowest BCUT2D eigenvalue weighted by atomic mass is 9.79. The minimum atomic E-state index is -0.236. The standard InChI is InChI=1S/C66H74N2O6/c1-63(2,3)51-33-43-29-47-37-53(65(7,8)9)39-49(61(47)73-27-25-71-55-21-13-17-41-19-15-23-67-57(41)55)31-45-35-52(64(4,5)6)36-46(60(45)70)32-50-40-54(66(10,11)12)38-48(30-44(34-51)59(43)69)62(50)74-28-26-72-56-22-14-18-42-20-16-24-68-58(42)56/h13-24,33-40,69-70H,25-32H2,1-12H3. The molecule has 8 heteroatoms. The Bertz CT molecular complexity index is 3030. The molecule has 0 saturated carbocycles. The van der Waals surface area contributed by atoms with Crippen LogP contribution in [0.4, 0.5) is 0 Å². The van der Waals surface area contributed by atoms with E-state index in [9.17, 15) is 10.2 Å². The summed E-state index contributed by atoms with van der Waals surface area (Å²) in [7, 11) is 0. The van der Waals surface area contributed by atoms with Gasteiger partial charge in [0.15, 0.2) is 0 Å². The number of rotatable bonds is 10. The summed E-state index contributed by atoms with van der Waals surface area (Å²) in [5.74, 6) is 3.36. The maximum absolute atomic E-state index is 12.8. The maximum atomic E-state index is 12.8. The van der Waals surface area contributed by atoms with Gasteiger partial charge in [-0.1, -0.05) is 168 Å². The van der Waals surface area contributed by atoms with Crippen LogP contribution >= 0.6 is 0 Å². The molecule has 0 spiro atoms. The highest BCUT2D eigenvalue weighted by atomic mass is 16.5. The van der Waals surface area contributed by atoms with Gasteiger partial charge >= 0.3 is 0 Å². The third-order valence-corrected chi connectivity index (χ3v) is 14.4. The molecule has 384 valence electrons. The van der Waals surface area contributed by atoms with E-state index >= 15 is 0 Å². The van der Waals surface area contributed by atoms with Crippen molar-refractivity contribution in [2.75, 3.05) is 26.4 Å². The largest absolute Gasteiger partial charge is 0.507 e. The number of aromatic hydroxyl groups is 2. The number of nitrogens with zero attached hydrogens (tertiary/aromatic N) is 2. The second-order valence-electron chi connectivity index (χ2n) is 24.3. The van der Waals surface area contributed by atoms with E-state index in [0.717, 1.165) is 100 Å². The zero-order valence-electron chi connectivity index (χ0n) is 45.6. The van der Waals surface area contributed by atoms with Crippen molar-refractivity contribution in [3.05, 3.63) is 188 Å². The average molecular weight is 991 g/mol. The Kier molecular flexibility index (Phi) is 14.2. The van der Waals surface area contributed by atoms with Gasteiger partial charge in [-0.3, -0.25) is 9.97 Å². The minimum Gasteiger partial charge on any atom is -0.507 e. The monoisotopic (exact) mass is 991 g/mol. The van der Waals surface area contributed by atoms with E-state index in [1.165, 1.54) is 0 Å². The molecule has 8 nitrogen and oxygen atoms in total. The minimum absolute atomic E-state index is 0.227. The number of aromatic nitrogens is 2. The number of hydrogen-bond acceptors (Lipinski definition) is 8. The summed E-state index contributed by atoms with van der Waals surface area (Å²) < 4.78 is 26.8. The molecule has 0 aliphatic heterocycles. The van der Waals surface area contributed by atoms with E-state index in [-0.39, 0.29) is 59.6 Å². The van der Waals surface area contributed by atoms with Crippen LogP contribution in [0.3, 0.4) is 0 Å². The molecular formula is C66H74N2O6. The van der Waals surface area contributed by atoms with Crippen LogP contribution in [0.5, 0.6) is 34.5 Å². The summed E-state index contributed by atoms with van der Waals surface area (Å²) in [5, 5.41) is 27.6. The van der Waals surface area contributed by atoms with Crippen LogP contribution in [-0.4, -0.2) is 46.6 Å². The molecule has 74 heavy (non-hydrogen) atoms. The lowest BCUT2D eigenvalue weighted by molar-refractivity contribution is 0.216. The molecule has 9 rings (SSSR count). The van der Waals surface area contributed by atoms with E-state index in [4.69, 9.17) is 18.9 Å². The molecule has 2 N–H and O–H groups in total. The fourth-order valence-electron chi connectivity index (χ4n) is 9.99. The van der Waals surface area contributed by atoms with Gasteiger partial charge in [-0.25, -0.2) is 0 Å². The number of phenols is 2. The van der Waals surface area contributed by atoms with E-state index < -0.39 is 0 Å². The fourth-order valence-corrected chi connectivity index (χ4v) is 9.99. The van der Waals surface area contributed by atoms with Crippen molar-refractivity contribution < 1.29 is 29.2 Å². The summed E-state index contributed by atoms with van der Waals surface area (Å²) in [6.45, 7) is 27.8. The number of ether oxygens (including phenoxy) is 4. The summed E-state index contributed by atoms with van der Waals surface area (Å²) in [4.78, 5) is 9.22. The highest BCUT2D eigenvalue weighted by molar-refractivity contribution is 5.85. The first-order chi connectivity index (χ1) is 35.0. The topological polar surface area (TPSA) is 103 Å². The van der Waals surface area contributed by atoms with Gasteiger partial charge in [-0.15, -0.1) is 0 Å². The first-order valence-electron chi connectivity index (χ1n) is 26.2. The van der Waals surface area contributed by atoms with Crippen molar-refractivity contribution in [1.29, 1.82) is 0 Å². The summed E-state index contributed by atoms with van der Waals surface area (Å²) in [6, 6.07) is 37.5. The number of fused-ring (bicyclic) bond motifs is 10. The molecular weight excluding hydrogens is 917 g/mol. The van der Waals surface area contributed by atoms with Gasteiger partial charge in [0, 0.05) is 48.8 Å². The normalized spacial score (nSPS) is 13.2. The molecule has 0 atom stereocenters. The highest BCUT2D eigenvalue weighted by Gasteiger charge is 2.29. The van der Waals surface area contributed by atoms with Gasteiger partial charge in [-0.05, 0) is 113 Å². The molecule has 2 aromatic heterocycles. The lowest BCUT2D eigenvalue weighted by Crippen LogP contribution is -2.18. The molecule has 0 radical (unpaired) electrons. The predicted octanol–water partition coefficient (Wildman–Crippen LogP) is 15.0. The molecule has 2 heterocycles. The Morgan fingerprint density at radius 2 is 0.635 bits per heavy atom. The molecule has 0 unspecified atom stereocenters. The number of pyridine rings is 2.